The lowest BCUT2D eigenvalue weighted by Gasteiger charge is -2.31. The highest BCUT2D eigenvalue weighted by Gasteiger charge is 2.39. The molecule has 0 aromatic rings. The third kappa shape index (κ3) is 3.84. The predicted octanol–water partition coefficient (Wildman–Crippen LogP) is -0.00310. The Balaban J connectivity index is 0.00000200. The van der Waals surface area contributed by atoms with E-state index in [2.05, 4.69) is 0 Å². The van der Waals surface area contributed by atoms with Crippen LogP contribution in [0.2, 0.25) is 0 Å². The molecule has 2 amide bonds. The first kappa shape index (κ1) is 17.2. The molecule has 1 aliphatic heterocycles. The molecule has 2 aliphatic rings. The predicted molar refractivity (Wildman–Crippen MR) is 77.7 cm³/mol. The van der Waals surface area contributed by atoms with Gasteiger partial charge in [0, 0.05) is 20.1 Å². The molecular weight excluding hydrogens is 282 g/mol. The van der Waals surface area contributed by atoms with Gasteiger partial charge in [0.25, 0.3) is 0 Å². The van der Waals surface area contributed by atoms with Gasteiger partial charge < -0.3 is 20.3 Å². The molecule has 0 spiro atoms. The summed E-state index contributed by atoms with van der Waals surface area (Å²) in [5.41, 5.74) is 5.37. The lowest BCUT2D eigenvalue weighted by Crippen LogP contribution is -2.55. The van der Waals surface area contributed by atoms with Crippen LogP contribution in [0.25, 0.3) is 0 Å². The van der Waals surface area contributed by atoms with Crippen molar-refractivity contribution >= 4 is 24.2 Å². The van der Waals surface area contributed by atoms with E-state index < -0.39 is 5.54 Å². The molecule has 1 aliphatic carbocycles. The summed E-state index contributed by atoms with van der Waals surface area (Å²) in [5, 5.41) is 0. The minimum Gasteiger partial charge on any atom is -0.378 e. The van der Waals surface area contributed by atoms with Crippen molar-refractivity contribution in [3.63, 3.8) is 0 Å². The Hall–Kier alpha value is -0.850. The highest BCUT2D eigenvalue weighted by molar-refractivity contribution is 5.90. The molecule has 0 radical (unpaired) electrons. The number of rotatable bonds is 3. The summed E-state index contributed by atoms with van der Waals surface area (Å²) in [4.78, 5) is 27.6. The molecule has 6 nitrogen and oxygen atoms in total. The van der Waals surface area contributed by atoms with Crippen LogP contribution in [0.4, 0.5) is 0 Å². The topological polar surface area (TPSA) is 75.9 Å². The Bertz CT molecular complexity index is 353. The van der Waals surface area contributed by atoms with Crippen molar-refractivity contribution in [2.24, 2.45) is 5.73 Å². The number of halogens is 1. The van der Waals surface area contributed by atoms with Gasteiger partial charge in [0.1, 0.15) is 0 Å². The molecule has 0 bridgehead atoms. The lowest BCUT2D eigenvalue weighted by molar-refractivity contribution is -0.144. The van der Waals surface area contributed by atoms with Crippen LogP contribution in [0.1, 0.15) is 25.7 Å². The van der Waals surface area contributed by atoms with E-state index in [1.165, 1.54) is 4.90 Å². The molecule has 20 heavy (non-hydrogen) atoms. The lowest BCUT2D eigenvalue weighted by atomic mass is 9.97. The van der Waals surface area contributed by atoms with Gasteiger partial charge in [0.2, 0.25) is 11.8 Å². The zero-order valence-electron chi connectivity index (χ0n) is 12.0. The number of morpholine rings is 1. The molecule has 0 atom stereocenters. The van der Waals surface area contributed by atoms with E-state index in [0.717, 1.165) is 25.7 Å². The highest BCUT2D eigenvalue weighted by Crippen LogP contribution is 2.28. The Kier molecular flexibility index (Phi) is 6.23. The van der Waals surface area contributed by atoms with Gasteiger partial charge in [0.15, 0.2) is 0 Å². The zero-order chi connectivity index (χ0) is 13.9. The summed E-state index contributed by atoms with van der Waals surface area (Å²) in [7, 11) is 1.66. The fourth-order valence-electron chi connectivity index (χ4n) is 2.79. The van der Waals surface area contributed by atoms with Crippen LogP contribution < -0.4 is 5.73 Å². The van der Waals surface area contributed by atoms with Gasteiger partial charge in [-0.05, 0) is 12.8 Å². The number of carbonyl (C=O) groups is 2. The number of nitrogens with two attached hydrogens (primary N) is 1. The first-order valence-electron chi connectivity index (χ1n) is 6.93. The van der Waals surface area contributed by atoms with Gasteiger partial charge in [-0.1, -0.05) is 12.8 Å². The quantitative estimate of drug-likeness (QED) is 0.796. The maximum absolute atomic E-state index is 12.3. The van der Waals surface area contributed by atoms with Gasteiger partial charge in [0.05, 0.1) is 25.3 Å². The number of amides is 2. The van der Waals surface area contributed by atoms with Crippen LogP contribution in [-0.4, -0.2) is 67.0 Å². The molecule has 0 unspecified atom stereocenters. The monoisotopic (exact) mass is 305 g/mol. The molecule has 1 saturated carbocycles. The van der Waals surface area contributed by atoms with Crippen molar-refractivity contribution < 1.29 is 14.3 Å². The third-order valence-corrected chi connectivity index (χ3v) is 4.00. The molecule has 7 heteroatoms. The minimum atomic E-state index is -0.750. The molecule has 2 rings (SSSR count). The maximum Gasteiger partial charge on any atom is 0.242 e. The van der Waals surface area contributed by atoms with Crippen LogP contribution in [0.3, 0.4) is 0 Å². The Morgan fingerprint density at radius 1 is 1.25 bits per heavy atom. The number of hydrogen-bond donors (Lipinski definition) is 1. The van der Waals surface area contributed by atoms with Crippen molar-refractivity contribution in [3.05, 3.63) is 0 Å². The van der Waals surface area contributed by atoms with Crippen molar-refractivity contribution in [1.29, 1.82) is 0 Å². The second kappa shape index (κ2) is 7.24. The number of ether oxygens (including phenoxy) is 1. The fraction of sp³-hybridized carbons (Fsp3) is 0.846. The van der Waals surface area contributed by atoms with Crippen LogP contribution in [-0.2, 0) is 14.3 Å². The smallest absolute Gasteiger partial charge is 0.242 e. The van der Waals surface area contributed by atoms with Crippen LogP contribution >= 0.6 is 12.4 Å². The Morgan fingerprint density at radius 2 is 1.80 bits per heavy atom. The van der Waals surface area contributed by atoms with E-state index >= 15 is 0 Å². The first-order chi connectivity index (χ1) is 9.03. The molecular formula is C13H24ClN3O3. The first-order valence-corrected chi connectivity index (χ1v) is 6.93. The van der Waals surface area contributed by atoms with Crippen molar-refractivity contribution in [2.45, 2.75) is 31.2 Å². The van der Waals surface area contributed by atoms with Crippen LogP contribution in [0, 0.1) is 0 Å². The second-order valence-corrected chi connectivity index (χ2v) is 5.52. The van der Waals surface area contributed by atoms with E-state index in [1.54, 1.807) is 11.9 Å². The average Bonchev–Trinajstić information content (AvgIpc) is 2.87. The summed E-state index contributed by atoms with van der Waals surface area (Å²) in [5.74, 6) is -0.132. The van der Waals surface area contributed by atoms with Crippen molar-refractivity contribution in [2.75, 3.05) is 39.9 Å². The van der Waals surface area contributed by atoms with E-state index in [0.29, 0.717) is 26.3 Å². The van der Waals surface area contributed by atoms with Gasteiger partial charge in [-0.25, -0.2) is 0 Å². The molecule has 116 valence electrons. The standard InChI is InChI=1S/C13H23N3O3.ClH/c1-15(12(18)13(14)4-2-3-5-13)10-11(17)16-6-8-19-9-7-16;/h2-10,14H2,1H3;1H. The molecule has 2 N–H and O–H groups in total. The summed E-state index contributed by atoms with van der Waals surface area (Å²) >= 11 is 0. The Morgan fingerprint density at radius 3 is 2.35 bits per heavy atom. The summed E-state index contributed by atoms with van der Waals surface area (Å²) in [6, 6.07) is 0. The minimum absolute atomic E-state index is 0. The molecule has 1 heterocycles. The summed E-state index contributed by atoms with van der Waals surface area (Å²) in [6.07, 6.45) is 3.44. The third-order valence-electron chi connectivity index (χ3n) is 4.00. The highest BCUT2D eigenvalue weighted by atomic mass is 35.5. The summed E-state index contributed by atoms with van der Waals surface area (Å²) < 4.78 is 5.21. The number of likely N-dealkylation sites (N-methyl/N-ethyl adjacent to an activating group) is 1. The second-order valence-electron chi connectivity index (χ2n) is 5.52. The van der Waals surface area contributed by atoms with Crippen LogP contribution in [0.15, 0.2) is 0 Å². The molecule has 0 aromatic carbocycles. The molecule has 2 fully saturated rings. The normalized spacial score (nSPS) is 21.2. The Labute approximate surface area is 126 Å². The van der Waals surface area contributed by atoms with Gasteiger partial charge >= 0.3 is 0 Å². The maximum atomic E-state index is 12.3. The van der Waals surface area contributed by atoms with E-state index in [1.807, 2.05) is 0 Å². The van der Waals surface area contributed by atoms with E-state index in [-0.39, 0.29) is 30.8 Å². The van der Waals surface area contributed by atoms with E-state index in [9.17, 15) is 9.59 Å². The van der Waals surface area contributed by atoms with Gasteiger partial charge in [-0.15, -0.1) is 12.4 Å². The average molecular weight is 306 g/mol. The number of hydrogen-bond acceptors (Lipinski definition) is 4. The van der Waals surface area contributed by atoms with E-state index in [4.69, 9.17) is 10.5 Å². The zero-order valence-corrected chi connectivity index (χ0v) is 12.8. The van der Waals surface area contributed by atoms with Crippen molar-refractivity contribution in [3.8, 4) is 0 Å². The molecule has 0 aromatic heterocycles. The van der Waals surface area contributed by atoms with Crippen molar-refractivity contribution in [1.82, 2.24) is 9.80 Å². The largest absolute Gasteiger partial charge is 0.378 e. The van der Waals surface area contributed by atoms with Gasteiger partial charge in [-0.2, -0.15) is 0 Å². The fourth-order valence-corrected chi connectivity index (χ4v) is 2.79. The number of carbonyl (C=O) groups excluding carboxylic acids is 2. The number of nitrogens with zero attached hydrogens (tertiary/aromatic N) is 2. The van der Waals surface area contributed by atoms with Crippen LogP contribution in [0.5, 0.6) is 0 Å². The van der Waals surface area contributed by atoms with Gasteiger partial charge in [-0.3, -0.25) is 9.59 Å². The summed E-state index contributed by atoms with van der Waals surface area (Å²) in [6.45, 7) is 2.47. The molecule has 1 saturated heterocycles. The SMILES string of the molecule is CN(CC(=O)N1CCOCC1)C(=O)C1(N)CCCC1.Cl.